The number of hydrogen-bond acceptors (Lipinski definition) is 5. The Bertz CT molecular complexity index is 370. The second-order valence-electron chi connectivity index (χ2n) is 4.68. The van der Waals surface area contributed by atoms with Crippen LogP contribution in [0.25, 0.3) is 0 Å². The van der Waals surface area contributed by atoms with E-state index in [1.54, 1.807) is 7.11 Å². The highest BCUT2D eigenvalue weighted by Crippen LogP contribution is 2.26. The van der Waals surface area contributed by atoms with E-state index in [1.165, 1.54) is 6.33 Å². The molecule has 0 amide bonds. The summed E-state index contributed by atoms with van der Waals surface area (Å²) in [5.41, 5.74) is 5.82. The average molecular weight is 303 g/mol. The molecule has 96 valence electrons. The maximum Gasteiger partial charge on any atom is 0.145 e. The first-order valence-electron chi connectivity index (χ1n) is 5.45. The number of anilines is 2. The topological polar surface area (TPSA) is 73.1 Å². The largest absolute Gasteiger partial charge is 0.385 e. The van der Waals surface area contributed by atoms with Crippen LogP contribution in [0.5, 0.6) is 0 Å². The van der Waals surface area contributed by atoms with Crippen LogP contribution >= 0.6 is 15.9 Å². The highest BCUT2D eigenvalue weighted by atomic mass is 79.9. The summed E-state index contributed by atoms with van der Waals surface area (Å²) in [6.07, 6.45) is 2.43. The molecule has 0 aromatic carbocycles. The quantitative estimate of drug-likeness (QED) is 0.843. The van der Waals surface area contributed by atoms with Crippen molar-refractivity contribution in [1.82, 2.24) is 9.97 Å². The lowest BCUT2D eigenvalue weighted by atomic mass is 9.90. The van der Waals surface area contributed by atoms with E-state index in [0.29, 0.717) is 10.3 Å². The number of halogens is 1. The van der Waals surface area contributed by atoms with Crippen molar-refractivity contribution in [3.05, 3.63) is 10.8 Å². The van der Waals surface area contributed by atoms with E-state index < -0.39 is 0 Å². The van der Waals surface area contributed by atoms with Crippen LogP contribution in [0.4, 0.5) is 11.6 Å². The SMILES string of the molecule is COCCC(C)(C)CNc1ncnc(N)c1Br. The first-order chi connectivity index (χ1) is 7.96. The molecular weight excluding hydrogens is 284 g/mol. The molecule has 0 unspecified atom stereocenters. The zero-order valence-electron chi connectivity index (χ0n) is 10.5. The van der Waals surface area contributed by atoms with Gasteiger partial charge < -0.3 is 15.8 Å². The minimum absolute atomic E-state index is 0.134. The number of nitrogens with zero attached hydrogens (tertiary/aromatic N) is 2. The maximum atomic E-state index is 5.68. The summed E-state index contributed by atoms with van der Waals surface area (Å²) in [6, 6.07) is 0. The Hall–Kier alpha value is -0.880. The zero-order valence-corrected chi connectivity index (χ0v) is 12.0. The molecule has 0 radical (unpaired) electrons. The molecule has 0 aliphatic carbocycles. The molecule has 1 aromatic heterocycles. The molecular formula is C11H19BrN4O. The Labute approximate surface area is 110 Å². The summed E-state index contributed by atoms with van der Waals surface area (Å²) >= 11 is 3.36. The molecule has 0 aliphatic heterocycles. The van der Waals surface area contributed by atoms with Gasteiger partial charge in [-0.2, -0.15) is 0 Å². The van der Waals surface area contributed by atoms with Gasteiger partial charge >= 0.3 is 0 Å². The van der Waals surface area contributed by atoms with Gasteiger partial charge in [-0.3, -0.25) is 0 Å². The van der Waals surface area contributed by atoms with Crippen molar-refractivity contribution in [3.63, 3.8) is 0 Å². The number of nitrogen functional groups attached to an aromatic ring is 1. The summed E-state index contributed by atoms with van der Waals surface area (Å²) in [6.45, 7) is 5.90. The van der Waals surface area contributed by atoms with Gasteiger partial charge in [-0.1, -0.05) is 13.8 Å². The number of methoxy groups -OCH3 is 1. The molecule has 0 atom stereocenters. The van der Waals surface area contributed by atoms with Crippen molar-refractivity contribution < 1.29 is 4.74 Å². The van der Waals surface area contributed by atoms with Gasteiger partial charge in [0.2, 0.25) is 0 Å². The van der Waals surface area contributed by atoms with Crippen LogP contribution < -0.4 is 11.1 Å². The van der Waals surface area contributed by atoms with E-state index in [9.17, 15) is 0 Å². The van der Waals surface area contributed by atoms with Crippen molar-refractivity contribution >= 4 is 27.6 Å². The second-order valence-corrected chi connectivity index (χ2v) is 5.48. The van der Waals surface area contributed by atoms with Crippen LogP contribution in [0.2, 0.25) is 0 Å². The molecule has 0 fully saturated rings. The first-order valence-corrected chi connectivity index (χ1v) is 6.24. The number of nitrogens with one attached hydrogen (secondary N) is 1. The van der Waals surface area contributed by atoms with Crippen molar-refractivity contribution in [2.24, 2.45) is 5.41 Å². The molecule has 17 heavy (non-hydrogen) atoms. The molecule has 5 nitrogen and oxygen atoms in total. The van der Waals surface area contributed by atoms with E-state index >= 15 is 0 Å². The molecule has 0 bridgehead atoms. The standard InChI is InChI=1S/C11H19BrN4O/c1-11(2,4-5-17-3)6-14-10-8(12)9(13)15-7-16-10/h7H,4-6H2,1-3H3,(H3,13,14,15,16). The molecule has 0 saturated carbocycles. The summed E-state index contributed by atoms with van der Waals surface area (Å²) in [5.74, 6) is 1.17. The van der Waals surface area contributed by atoms with E-state index in [1.807, 2.05) is 0 Å². The number of ether oxygens (including phenoxy) is 1. The predicted octanol–water partition coefficient (Wildman–Crippen LogP) is 2.30. The monoisotopic (exact) mass is 302 g/mol. The maximum absolute atomic E-state index is 5.68. The van der Waals surface area contributed by atoms with Crippen LogP contribution in [0, 0.1) is 5.41 Å². The van der Waals surface area contributed by atoms with Crippen molar-refractivity contribution in [3.8, 4) is 0 Å². The summed E-state index contributed by atoms with van der Waals surface area (Å²) < 4.78 is 5.80. The lowest BCUT2D eigenvalue weighted by Gasteiger charge is -2.25. The van der Waals surface area contributed by atoms with Crippen LogP contribution in [0.3, 0.4) is 0 Å². The van der Waals surface area contributed by atoms with Gasteiger partial charge in [0.05, 0.1) is 0 Å². The number of hydrogen-bond donors (Lipinski definition) is 2. The van der Waals surface area contributed by atoms with Gasteiger partial charge in [0.1, 0.15) is 22.4 Å². The Balaban J connectivity index is 2.58. The van der Waals surface area contributed by atoms with Gasteiger partial charge in [-0.15, -0.1) is 0 Å². The molecule has 3 N–H and O–H groups in total. The molecule has 1 heterocycles. The Morgan fingerprint density at radius 3 is 2.82 bits per heavy atom. The van der Waals surface area contributed by atoms with E-state index in [0.717, 1.165) is 25.4 Å². The lowest BCUT2D eigenvalue weighted by Crippen LogP contribution is -2.25. The molecule has 6 heteroatoms. The third kappa shape index (κ3) is 4.47. The van der Waals surface area contributed by atoms with Crippen molar-refractivity contribution in [2.75, 3.05) is 31.3 Å². The third-order valence-corrected chi connectivity index (χ3v) is 3.32. The van der Waals surface area contributed by atoms with Crippen LogP contribution in [0.1, 0.15) is 20.3 Å². The fourth-order valence-corrected chi connectivity index (χ4v) is 1.64. The summed E-state index contributed by atoms with van der Waals surface area (Å²) in [7, 11) is 1.71. The summed E-state index contributed by atoms with van der Waals surface area (Å²) in [4.78, 5) is 8.04. The molecule has 0 spiro atoms. The van der Waals surface area contributed by atoms with E-state index in [2.05, 4.69) is 45.1 Å². The molecule has 1 rings (SSSR count). The molecule has 0 saturated heterocycles. The van der Waals surface area contributed by atoms with Crippen molar-refractivity contribution in [1.29, 1.82) is 0 Å². The minimum Gasteiger partial charge on any atom is -0.385 e. The van der Waals surface area contributed by atoms with Gasteiger partial charge in [-0.05, 0) is 27.8 Å². The fraction of sp³-hybridized carbons (Fsp3) is 0.636. The molecule has 0 aliphatic rings. The smallest absolute Gasteiger partial charge is 0.145 e. The second kappa shape index (κ2) is 6.16. The van der Waals surface area contributed by atoms with E-state index in [4.69, 9.17) is 10.5 Å². The highest BCUT2D eigenvalue weighted by molar-refractivity contribution is 9.10. The predicted molar refractivity (Wildman–Crippen MR) is 72.9 cm³/mol. The van der Waals surface area contributed by atoms with Gasteiger partial charge in [-0.25, -0.2) is 9.97 Å². The summed E-state index contributed by atoms with van der Waals surface area (Å²) in [5, 5.41) is 3.27. The van der Waals surface area contributed by atoms with Crippen LogP contribution in [-0.4, -0.2) is 30.2 Å². The first kappa shape index (κ1) is 14.2. The number of rotatable bonds is 6. The Morgan fingerprint density at radius 2 is 2.18 bits per heavy atom. The Kier molecular flexibility index (Phi) is 5.14. The lowest BCUT2D eigenvalue weighted by molar-refractivity contribution is 0.157. The fourth-order valence-electron chi connectivity index (χ4n) is 1.30. The van der Waals surface area contributed by atoms with Gasteiger partial charge in [0.25, 0.3) is 0 Å². The van der Waals surface area contributed by atoms with Crippen LogP contribution in [0.15, 0.2) is 10.8 Å². The minimum atomic E-state index is 0.134. The normalized spacial score (nSPS) is 11.5. The van der Waals surface area contributed by atoms with Crippen molar-refractivity contribution in [2.45, 2.75) is 20.3 Å². The molecule has 1 aromatic rings. The number of aromatic nitrogens is 2. The average Bonchev–Trinajstić information content (AvgIpc) is 2.29. The van der Waals surface area contributed by atoms with Crippen LogP contribution in [-0.2, 0) is 4.74 Å². The van der Waals surface area contributed by atoms with E-state index in [-0.39, 0.29) is 5.41 Å². The van der Waals surface area contributed by atoms with Gasteiger partial charge in [0, 0.05) is 20.3 Å². The Morgan fingerprint density at radius 1 is 1.47 bits per heavy atom. The highest BCUT2D eigenvalue weighted by Gasteiger charge is 2.18. The third-order valence-electron chi connectivity index (χ3n) is 2.53. The number of nitrogens with two attached hydrogens (primary N) is 1. The van der Waals surface area contributed by atoms with Gasteiger partial charge in [0.15, 0.2) is 0 Å². The zero-order chi connectivity index (χ0) is 12.9.